The minimum Gasteiger partial charge on any atom is -0.383 e. The van der Waals surface area contributed by atoms with Gasteiger partial charge in [0.2, 0.25) is 5.91 Å². The molecule has 2 saturated heterocycles. The van der Waals surface area contributed by atoms with Crippen molar-refractivity contribution in [3.05, 3.63) is 34.9 Å². The van der Waals surface area contributed by atoms with E-state index in [4.69, 9.17) is 4.74 Å². The number of piperazine rings is 1. The van der Waals surface area contributed by atoms with Gasteiger partial charge in [0.1, 0.15) is 0 Å². The van der Waals surface area contributed by atoms with E-state index in [1.807, 2.05) is 18.2 Å². The Bertz CT molecular complexity index is 889. The third-order valence-corrected chi connectivity index (χ3v) is 5.48. The molecule has 1 atom stereocenters. The Balaban J connectivity index is 1.48. The largest absolute Gasteiger partial charge is 0.383 e. The maximum Gasteiger partial charge on any atom is 0.261 e. The van der Waals surface area contributed by atoms with Crippen molar-refractivity contribution >= 4 is 22.5 Å². The summed E-state index contributed by atoms with van der Waals surface area (Å²) in [5.74, 6) is 0.156. The van der Waals surface area contributed by atoms with Crippen LogP contribution in [0.15, 0.2) is 29.3 Å². The number of rotatable bonds is 5. The summed E-state index contributed by atoms with van der Waals surface area (Å²) in [5.41, 5.74) is 1.74. The van der Waals surface area contributed by atoms with Gasteiger partial charge in [-0.2, -0.15) is 0 Å². The molecule has 8 heteroatoms. The molecule has 8 nitrogen and oxygen atoms in total. The van der Waals surface area contributed by atoms with E-state index in [1.54, 1.807) is 18.0 Å². The Hall–Kier alpha value is -2.45. The van der Waals surface area contributed by atoms with Gasteiger partial charge < -0.3 is 15.0 Å². The number of hydrogen-bond acceptors (Lipinski definition) is 6. The molecule has 0 bridgehead atoms. The zero-order chi connectivity index (χ0) is 18.8. The van der Waals surface area contributed by atoms with Crippen molar-refractivity contribution in [3.63, 3.8) is 0 Å². The first kappa shape index (κ1) is 17.9. The van der Waals surface area contributed by atoms with Crippen molar-refractivity contribution in [1.29, 1.82) is 0 Å². The van der Waals surface area contributed by atoms with Crippen LogP contribution in [0.3, 0.4) is 0 Å². The summed E-state index contributed by atoms with van der Waals surface area (Å²) in [6.07, 6.45) is 2.48. The second kappa shape index (κ2) is 7.66. The van der Waals surface area contributed by atoms with Crippen molar-refractivity contribution in [1.82, 2.24) is 19.8 Å². The number of carbonyl (C=O) groups excluding carboxylic acids is 1. The lowest BCUT2D eigenvalue weighted by Crippen LogP contribution is -2.52. The summed E-state index contributed by atoms with van der Waals surface area (Å²) in [5, 5.41) is 3.53. The summed E-state index contributed by atoms with van der Waals surface area (Å²) >= 11 is 0. The van der Waals surface area contributed by atoms with Crippen LogP contribution in [0.2, 0.25) is 0 Å². The van der Waals surface area contributed by atoms with Crippen LogP contribution in [0.1, 0.15) is 6.42 Å². The molecule has 2 aromatic rings. The van der Waals surface area contributed by atoms with E-state index in [9.17, 15) is 9.59 Å². The van der Waals surface area contributed by atoms with Crippen LogP contribution in [0.25, 0.3) is 10.9 Å². The molecule has 1 amide bonds. The lowest BCUT2D eigenvalue weighted by atomic mass is 10.1. The number of anilines is 1. The third-order valence-electron chi connectivity index (χ3n) is 5.48. The molecule has 0 aliphatic carbocycles. The van der Waals surface area contributed by atoms with Crippen molar-refractivity contribution in [2.75, 3.05) is 51.3 Å². The van der Waals surface area contributed by atoms with Crippen LogP contribution >= 0.6 is 0 Å². The monoisotopic (exact) mass is 371 g/mol. The Kier molecular flexibility index (Phi) is 5.09. The summed E-state index contributed by atoms with van der Waals surface area (Å²) in [6, 6.07) is 5.86. The van der Waals surface area contributed by atoms with E-state index >= 15 is 0 Å². The van der Waals surface area contributed by atoms with Crippen molar-refractivity contribution in [2.45, 2.75) is 19.0 Å². The van der Waals surface area contributed by atoms with E-state index in [0.717, 1.165) is 44.8 Å². The highest BCUT2D eigenvalue weighted by Gasteiger charge is 2.32. The summed E-state index contributed by atoms with van der Waals surface area (Å²) in [7, 11) is 1.62. The Morgan fingerprint density at radius 3 is 2.74 bits per heavy atom. The van der Waals surface area contributed by atoms with Crippen molar-refractivity contribution in [3.8, 4) is 0 Å². The van der Waals surface area contributed by atoms with Gasteiger partial charge in [-0.1, -0.05) is 0 Å². The number of fused-ring (bicyclic) bond motifs is 1. The molecule has 1 N–H and O–H groups in total. The molecule has 1 unspecified atom stereocenters. The fourth-order valence-electron chi connectivity index (χ4n) is 3.91. The van der Waals surface area contributed by atoms with Crippen LogP contribution < -0.4 is 15.8 Å². The highest BCUT2D eigenvalue weighted by Crippen LogP contribution is 2.22. The minimum absolute atomic E-state index is 0.0241. The average molecular weight is 371 g/mol. The summed E-state index contributed by atoms with van der Waals surface area (Å²) < 4.78 is 6.62. The van der Waals surface area contributed by atoms with Crippen LogP contribution in [-0.4, -0.2) is 72.8 Å². The smallest absolute Gasteiger partial charge is 0.261 e. The molecule has 3 heterocycles. The lowest BCUT2D eigenvalue weighted by Gasteiger charge is -2.38. The maximum atomic E-state index is 12.6. The molecular formula is C19H25N5O3. The SMILES string of the molecule is COCCn1cnc2cc(N3CCN(C4CCNC4=O)CC3)ccc2c1=O. The quantitative estimate of drug-likeness (QED) is 0.800. The number of hydrogen-bond donors (Lipinski definition) is 1. The minimum atomic E-state index is -0.0411. The third kappa shape index (κ3) is 3.54. The van der Waals surface area contributed by atoms with E-state index in [-0.39, 0.29) is 17.5 Å². The van der Waals surface area contributed by atoms with Gasteiger partial charge in [0.15, 0.2) is 0 Å². The molecule has 4 rings (SSSR count). The zero-order valence-corrected chi connectivity index (χ0v) is 15.6. The predicted molar refractivity (Wildman–Crippen MR) is 103 cm³/mol. The van der Waals surface area contributed by atoms with Gasteiger partial charge in [-0.3, -0.25) is 19.1 Å². The second-order valence-corrected chi connectivity index (χ2v) is 7.06. The van der Waals surface area contributed by atoms with Gasteiger partial charge >= 0.3 is 0 Å². The van der Waals surface area contributed by atoms with Gasteiger partial charge in [-0.15, -0.1) is 0 Å². The van der Waals surface area contributed by atoms with Crippen LogP contribution in [0.5, 0.6) is 0 Å². The van der Waals surface area contributed by atoms with Gasteiger partial charge in [-0.25, -0.2) is 4.98 Å². The highest BCUT2D eigenvalue weighted by molar-refractivity contribution is 5.84. The topological polar surface area (TPSA) is 79.7 Å². The maximum absolute atomic E-state index is 12.6. The number of aromatic nitrogens is 2. The normalized spacial score (nSPS) is 21.0. The molecule has 1 aromatic carbocycles. The van der Waals surface area contributed by atoms with Crippen LogP contribution in [-0.2, 0) is 16.1 Å². The first-order chi connectivity index (χ1) is 13.2. The molecule has 2 aliphatic heterocycles. The Morgan fingerprint density at radius 1 is 1.22 bits per heavy atom. The average Bonchev–Trinajstić information content (AvgIpc) is 3.13. The summed E-state index contributed by atoms with van der Waals surface area (Å²) in [6.45, 7) is 5.21. The molecule has 2 fully saturated rings. The van der Waals surface area contributed by atoms with Crippen molar-refractivity contribution < 1.29 is 9.53 Å². The molecule has 27 heavy (non-hydrogen) atoms. The van der Waals surface area contributed by atoms with Gasteiger partial charge in [0, 0.05) is 45.5 Å². The molecular weight excluding hydrogens is 346 g/mol. The number of methoxy groups -OCH3 is 1. The molecule has 0 radical (unpaired) electrons. The fourth-order valence-corrected chi connectivity index (χ4v) is 3.91. The second-order valence-electron chi connectivity index (χ2n) is 7.06. The van der Waals surface area contributed by atoms with Gasteiger partial charge in [0.25, 0.3) is 5.56 Å². The standard InChI is InChI=1S/C19H25N5O3/c1-27-11-10-24-13-21-16-12-14(2-3-15(16)19(24)26)22-6-8-23(9-7-22)17-4-5-20-18(17)25/h2-3,12-13,17H,4-11H2,1H3,(H,20,25). The molecule has 144 valence electrons. The number of amides is 1. The Morgan fingerprint density at radius 2 is 2.04 bits per heavy atom. The predicted octanol–water partition coefficient (Wildman–Crippen LogP) is 0.0534. The van der Waals surface area contributed by atoms with Crippen molar-refractivity contribution in [2.24, 2.45) is 0 Å². The van der Waals surface area contributed by atoms with E-state index < -0.39 is 0 Å². The molecule has 2 aliphatic rings. The van der Waals surface area contributed by atoms with E-state index in [0.29, 0.717) is 24.1 Å². The first-order valence-electron chi connectivity index (χ1n) is 9.42. The molecule has 1 aromatic heterocycles. The highest BCUT2D eigenvalue weighted by atomic mass is 16.5. The number of nitrogens with zero attached hydrogens (tertiary/aromatic N) is 4. The summed E-state index contributed by atoms with van der Waals surface area (Å²) in [4.78, 5) is 33.5. The van der Waals surface area contributed by atoms with E-state index in [1.165, 1.54) is 0 Å². The van der Waals surface area contributed by atoms with Gasteiger partial charge in [-0.05, 0) is 24.6 Å². The van der Waals surface area contributed by atoms with Crippen LogP contribution in [0.4, 0.5) is 5.69 Å². The molecule has 0 saturated carbocycles. The number of carbonyl (C=O) groups is 1. The van der Waals surface area contributed by atoms with Crippen LogP contribution in [0, 0.1) is 0 Å². The zero-order valence-electron chi connectivity index (χ0n) is 15.6. The number of benzene rings is 1. The number of ether oxygens (including phenoxy) is 1. The number of nitrogens with one attached hydrogen (secondary N) is 1. The lowest BCUT2D eigenvalue weighted by molar-refractivity contribution is -0.123. The Labute approximate surface area is 157 Å². The van der Waals surface area contributed by atoms with E-state index in [2.05, 4.69) is 20.1 Å². The van der Waals surface area contributed by atoms with Gasteiger partial charge in [0.05, 0.1) is 36.4 Å². The first-order valence-corrected chi connectivity index (χ1v) is 9.42. The fraction of sp³-hybridized carbons (Fsp3) is 0.526. The molecule has 0 spiro atoms.